The second kappa shape index (κ2) is 7.40. The van der Waals surface area contributed by atoms with Crippen molar-refractivity contribution in [2.24, 2.45) is 5.10 Å². The van der Waals surface area contributed by atoms with Crippen LogP contribution < -0.4 is 11.0 Å². The lowest BCUT2D eigenvalue weighted by Crippen LogP contribution is -2.28. The molecule has 0 saturated carbocycles. The molecule has 1 amide bonds. The summed E-state index contributed by atoms with van der Waals surface area (Å²) in [4.78, 5) is 26.0. The van der Waals surface area contributed by atoms with Crippen LogP contribution in [0, 0.1) is 0 Å². The largest absolute Gasteiger partial charge is 0.292 e. The van der Waals surface area contributed by atoms with Gasteiger partial charge in [-0.15, -0.1) is 0 Å². The third-order valence-electron chi connectivity index (χ3n) is 5.27. The lowest BCUT2D eigenvalue weighted by molar-refractivity contribution is 0.0950. The van der Waals surface area contributed by atoms with E-state index in [-0.39, 0.29) is 11.3 Å². The molecule has 1 aliphatic carbocycles. The summed E-state index contributed by atoms with van der Waals surface area (Å²) in [5.41, 5.74) is 6.26. The van der Waals surface area contributed by atoms with Crippen LogP contribution in [0.2, 0.25) is 0 Å². The van der Waals surface area contributed by atoms with Crippen molar-refractivity contribution in [1.29, 1.82) is 0 Å². The fourth-order valence-corrected chi connectivity index (χ4v) is 3.80. The molecule has 1 heterocycles. The second-order valence-electron chi connectivity index (χ2n) is 7.10. The molecule has 0 bridgehead atoms. The van der Waals surface area contributed by atoms with Gasteiger partial charge in [-0.05, 0) is 36.6 Å². The predicted octanol–water partition coefficient (Wildman–Crippen LogP) is 3.47. The van der Waals surface area contributed by atoms with E-state index in [1.165, 1.54) is 10.2 Å². The molecule has 0 saturated heterocycles. The normalized spacial score (nSPS) is 14.1. The number of hydrazone groups is 1. The molecule has 0 radical (unpaired) electrons. The van der Waals surface area contributed by atoms with Gasteiger partial charge in [0.1, 0.15) is 0 Å². The number of nitrogens with one attached hydrogen (secondary N) is 1. The van der Waals surface area contributed by atoms with Crippen LogP contribution in [0.25, 0.3) is 16.5 Å². The number of nitrogens with zero attached hydrogens (tertiary/aromatic N) is 3. The van der Waals surface area contributed by atoms with Gasteiger partial charge in [-0.2, -0.15) is 14.9 Å². The zero-order chi connectivity index (χ0) is 20.5. The van der Waals surface area contributed by atoms with Gasteiger partial charge in [-0.3, -0.25) is 9.59 Å². The van der Waals surface area contributed by atoms with Gasteiger partial charge < -0.3 is 0 Å². The fourth-order valence-electron chi connectivity index (χ4n) is 3.80. The monoisotopic (exact) mass is 394 g/mol. The number of rotatable bonds is 3. The molecular formula is C24H18N4O2. The van der Waals surface area contributed by atoms with Gasteiger partial charge >= 0.3 is 0 Å². The van der Waals surface area contributed by atoms with Gasteiger partial charge in [0, 0.05) is 10.9 Å². The minimum absolute atomic E-state index is 0.157. The Balaban J connectivity index is 1.57. The maximum atomic E-state index is 13.0. The number of aryl methyl sites for hydroxylation is 1. The van der Waals surface area contributed by atoms with Crippen molar-refractivity contribution >= 4 is 22.4 Å². The van der Waals surface area contributed by atoms with Crippen molar-refractivity contribution in [1.82, 2.24) is 15.2 Å². The van der Waals surface area contributed by atoms with Crippen LogP contribution >= 0.6 is 0 Å². The first kappa shape index (κ1) is 18.0. The standard InChI is InChI=1S/C24H18N4O2/c29-23(26-25-21-15-14-16-8-4-5-11-18(16)21)22-19-12-6-7-13-20(19)24(30)28(27-22)17-9-2-1-3-10-17/h1-13H,14-15H2,(H,26,29)/b25-21-. The first-order valence-corrected chi connectivity index (χ1v) is 9.75. The molecule has 0 aliphatic heterocycles. The van der Waals surface area contributed by atoms with E-state index in [1.54, 1.807) is 36.4 Å². The van der Waals surface area contributed by atoms with Crippen molar-refractivity contribution < 1.29 is 4.79 Å². The van der Waals surface area contributed by atoms with E-state index in [4.69, 9.17) is 0 Å². The van der Waals surface area contributed by atoms with Gasteiger partial charge in [0.15, 0.2) is 5.69 Å². The summed E-state index contributed by atoms with van der Waals surface area (Å²) in [6.45, 7) is 0. The first-order chi connectivity index (χ1) is 14.7. The molecule has 5 rings (SSSR count). The van der Waals surface area contributed by atoms with Crippen LogP contribution in [-0.4, -0.2) is 21.4 Å². The van der Waals surface area contributed by atoms with Gasteiger partial charge in [0.05, 0.1) is 16.8 Å². The Bertz CT molecular complexity index is 1360. The minimum Gasteiger partial charge on any atom is -0.267 e. The number of hydrogen-bond donors (Lipinski definition) is 1. The molecular weight excluding hydrogens is 376 g/mol. The lowest BCUT2D eigenvalue weighted by atomic mass is 10.1. The Hall–Kier alpha value is -4.06. The molecule has 1 aliphatic rings. The van der Waals surface area contributed by atoms with Crippen molar-refractivity contribution in [2.75, 3.05) is 0 Å². The second-order valence-corrected chi connectivity index (χ2v) is 7.10. The van der Waals surface area contributed by atoms with E-state index in [0.717, 1.165) is 24.1 Å². The average Bonchev–Trinajstić information content (AvgIpc) is 3.22. The summed E-state index contributed by atoms with van der Waals surface area (Å²) in [6.07, 6.45) is 1.68. The van der Waals surface area contributed by atoms with Gasteiger partial charge in [-0.25, -0.2) is 5.43 Å². The van der Waals surface area contributed by atoms with Crippen molar-refractivity contribution in [3.8, 4) is 5.69 Å². The van der Waals surface area contributed by atoms with E-state index in [2.05, 4.69) is 21.7 Å². The molecule has 6 heteroatoms. The summed E-state index contributed by atoms with van der Waals surface area (Å²) in [7, 11) is 0. The SMILES string of the molecule is O=C(N/N=C1/CCc2ccccc21)c1nn(-c2ccccc2)c(=O)c2ccccc12. The number of carbonyl (C=O) groups is 1. The molecule has 4 aromatic rings. The van der Waals surface area contributed by atoms with E-state index in [9.17, 15) is 9.59 Å². The third-order valence-corrected chi connectivity index (χ3v) is 5.27. The zero-order valence-electron chi connectivity index (χ0n) is 16.1. The Morgan fingerprint density at radius 2 is 1.57 bits per heavy atom. The average molecular weight is 394 g/mol. The third kappa shape index (κ3) is 3.08. The highest BCUT2D eigenvalue weighted by Crippen LogP contribution is 2.22. The van der Waals surface area contributed by atoms with Crippen LogP contribution in [0.4, 0.5) is 0 Å². The Kier molecular flexibility index (Phi) is 4.44. The van der Waals surface area contributed by atoms with Gasteiger partial charge in [-0.1, -0.05) is 60.7 Å². The van der Waals surface area contributed by atoms with Crippen LogP contribution in [-0.2, 0) is 6.42 Å². The number of amides is 1. The zero-order valence-corrected chi connectivity index (χ0v) is 16.1. The molecule has 146 valence electrons. The van der Waals surface area contributed by atoms with Gasteiger partial charge in [0.2, 0.25) is 0 Å². The highest BCUT2D eigenvalue weighted by molar-refractivity contribution is 6.07. The molecule has 0 unspecified atom stereocenters. The Labute approximate surface area is 172 Å². The summed E-state index contributed by atoms with van der Waals surface area (Å²) in [5, 5.41) is 9.68. The molecule has 0 fully saturated rings. The maximum absolute atomic E-state index is 13.0. The Morgan fingerprint density at radius 1 is 0.867 bits per heavy atom. The number of carbonyl (C=O) groups excluding carboxylic acids is 1. The van der Waals surface area contributed by atoms with Crippen molar-refractivity contribution in [3.05, 3.63) is 106 Å². The van der Waals surface area contributed by atoms with Crippen LogP contribution in [0.15, 0.2) is 88.8 Å². The molecule has 0 atom stereocenters. The highest BCUT2D eigenvalue weighted by Gasteiger charge is 2.20. The van der Waals surface area contributed by atoms with Gasteiger partial charge in [0.25, 0.3) is 11.5 Å². The summed E-state index contributed by atoms with van der Waals surface area (Å²) in [5.74, 6) is -0.451. The van der Waals surface area contributed by atoms with E-state index < -0.39 is 5.91 Å². The first-order valence-electron chi connectivity index (χ1n) is 9.75. The Morgan fingerprint density at radius 3 is 2.40 bits per heavy atom. The van der Waals surface area contributed by atoms with Crippen molar-refractivity contribution in [2.45, 2.75) is 12.8 Å². The predicted molar refractivity (Wildman–Crippen MR) is 116 cm³/mol. The molecule has 30 heavy (non-hydrogen) atoms. The van der Waals surface area contributed by atoms with E-state index >= 15 is 0 Å². The molecule has 1 N–H and O–H groups in total. The highest BCUT2D eigenvalue weighted by atomic mass is 16.2. The summed E-state index contributed by atoms with van der Waals surface area (Å²) >= 11 is 0. The van der Waals surface area contributed by atoms with E-state index in [1.807, 2.05) is 36.4 Å². The number of benzene rings is 3. The topological polar surface area (TPSA) is 76.3 Å². The molecule has 6 nitrogen and oxygen atoms in total. The van der Waals surface area contributed by atoms with Crippen LogP contribution in [0.5, 0.6) is 0 Å². The lowest BCUT2D eigenvalue weighted by Gasteiger charge is -2.10. The number of fused-ring (bicyclic) bond motifs is 2. The van der Waals surface area contributed by atoms with E-state index in [0.29, 0.717) is 16.5 Å². The quantitative estimate of drug-likeness (QED) is 0.541. The fraction of sp³-hybridized carbons (Fsp3) is 0.0833. The smallest absolute Gasteiger partial charge is 0.267 e. The molecule has 1 aromatic heterocycles. The number of para-hydroxylation sites is 1. The van der Waals surface area contributed by atoms with Crippen LogP contribution in [0.1, 0.15) is 28.0 Å². The van der Waals surface area contributed by atoms with Crippen LogP contribution in [0.3, 0.4) is 0 Å². The number of aromatic nitrogens is 2. The summed E-state index contributed by atoms with van der Waals surface area (Å²) < 4.78 is 1.26. The maximum Gasteiger partial charge on any atom is 0.292 e. The summed E-state index contributed by atoms with van der Waals surface area (Å²) in [6, 6.07) is 24.1. The minimum atomic E-state index is -0.451. The molecule has 0 spiro atoms. The number of hydrogen-bond acceptors (Lipinski definition) is 4. The molecule has 3 aromatic carbocycles. The van der Waals surface area contributed by atoms with Crippen molar-refractivity contribution in [3.63, 3.8) is 0 Å².